The highest BCUT2D eigenvalue weighted by molar-refractivity contribution is 7.48. The molecule has 28 heavy (non-hydrogen) atoms. The average molecular weight is 413 g/mol. The molecule has 0 bridgehead atoms. The molecule has 5 heteroatoms. The summed E-state index contributed by atoms with van der Waals surface area (Å²) in [5.41, 5.74) is 0. The van der Waals surface area contributed by atoms with Gasteiger partial charge in [-0.1, -0.05) is 96.8 Å². The zero-order valence-electron chi connectivity index (χ0n) is 18.2. The molecule has 162 valence electrons. The molecule has 2 unspecified atom stereocenters. The van der Waals surface area contributed by atoms with Gasteiger partial charge in [-0.15, -0.1) is 0 Å². The third-order valence-corrected chi connectivity index (χ3v) is 6.37. The molecule has 4 nitrogen and oxygen atoms in total. The van der Waals surface area contributed by atoms with E-state index in [1.54, 1.807) is 12.1 Å². The molecule has 0 aliphatic rings. The standard InChI is InChI=1S/C23H41O4P/c1-4-7-9-10-11-12-16-20-25-28(24,27-23-18-14-13-15-19-23)26-21-22(6-3)17-8-5-2/h13-15,18-19,22H,4-12,16-17,20-21H2,1-3H3. The molecule has 0 heterocycles. The van der Waals surface area contributed by atoms with Crippen molar-refractivity contribution in [1.29, 1.82) is 0 Å². The van der Waals surface area contributed by atoms with Crippen LogP contribution in [0.1, 0.15) is 91.4 Å². The minimum Gasteiger partial charge on any atom is -0.404 e. The Kier molecular flexibility index (Phi) is 14.4. The molecule has 0 aromatic heterocycles. The van der Waals surface area contributed by atoms with E-state index in [4.69, 9.17) is 13.6 Å². The lowest BCUT2D eigenvalue weighted by Gasteiger charge is -2.21. The molecule has 1 rings (SSSR count). The van der Waals surface area contributed by atoms with Crippen molar-refractivity contribution >= 4 is 7.82 Å². The zero-order valence-corrected chi connectivity index (χ0v) is 19.1. The number of phosphoric ester groups is 1. The highest BCUT2D eigenvalue weighted by Crippen LogP contribution is 2.50. The van der Waals surface area contributed by atoms with Gasteiger partial charge in [0.25, 0.3) is 0 Å². The molecule has 0 saturated heterocycles. The van der Waals surface area contributed by atoms with E-state index in [0.717, 1.165) is 38.5 Å². The van der Waals surface area contributed by atoms with Crippen molar-refractivity contribution in [2.45, 2.75) is 91.4 Å². The van der Waals surface area contributed by atoms with Crippen LogP contribution in [-0.2, 0) is 13.6 Å². The van der Waals surface area contributed by atoms with Crippen LogP contribution in [0.25, 0.3) is 0 Å². The van der Waals surface area contributed by atoms with E-state index in [1.165, 1.54) is 32.1 Å². The first kappa shape index (κ1) is 25.2. The summed E-state index contributed by atoms with van der Waals surface area (Å²) >= 11 is 0. The lowest BCUT2D eigenvalue weighted by Crippen LogP contribution is -2.11. The quantitative estimate of drug-likeness (QED) is 0.180. The van der Waals surface area contributed by atoms with Gasteiger partial charge in [-0.25, -0.2) is 4.57 Å². The topological polar surface area (TPSA) is 44.8 Å². The van der Waals surface area contributed by atoms with Crippen LogP contribution < -0.4 is 4.52 Å². The average Bonchev–Trinajstić information content (AvgIpc) is 2.71. The predicted octanol–water partition coefficient (Wildman–Crippen LogP) is 8.17. The van der Waals surface area contributed by atoms with Crippen molar-refractivity contribution in [1.82, 2.24) is 0 Å². The molecule has 2 atom stereocenters. The summed E-state index contributed by atoms with van der Waals surface area (Å²) in [4.78, 5) is 0. The summed E-state index contributed by atoms with van der Waals surface area (Å²) in [7, 11) is -3.61. The first-order valence-electron chi connectivity index (χ1n) is 11.3. The maximum absolute atomic E-state index is 13.2. The number of para-hydroxylation sites is 1. The smallest absolute Gasteiger partial charge is 0.404 e. The van der Waals surface area contributed by atoms with Crippen molar-refractivity contribution in [2.75, 3.05) is 13.2 Å². The van der Waals surface area contributed by atoms with Gasteiger partial charge < -0.3 is 4.52 Å². The molecule has 0 saturated carbocycles. The van der Waals surface area contributed by atoms with Crippen LogP contribution in [0.5, 0.6) is 5.75 Å². The van der Waals surface area contributed by atoms with Gasteiger partial charge in [0.1, 0.15) is 5.75 Å². The summed E-state index contributed by atoms with van der Waals surface area (Å²) in [6.07, 6.45) is 12.7. The van der Waals surface area contributed by atoms with E-state index in [0.29, 0.717) is 24.9 Å². The second-order valence-electron chi connectivity index (χ2n) is 7.52. The molecule has 0 fully saturated rings. The molecular weight excluding hydrogens is 371 g/mol. The lowest BCUT2D eigenvalue weighted by molar-refractivity contribution is 0.130. The van der Waals surface area contributed by atoms with E-state index in [1.807, 2.05) is 18.2 Å². The van der Waals surface area contributed by atoms with Crippen molar-refractivity contribution in [3.05, 3.63) is 30.3 Å². The Morgan fingerprint density at radius 1 is 0.821 bits per heavy atom. The van der Waals surface area contributed by atoms with Crippen LogP contribution in [0.2, 0.25) is 0 Å². The number of hydrogen-bond acceptors (Lipinski definition) is 4. The normalized spacial score (nSPS) is 14.5. The fourth-order valence-corrected chi connectivity index (χ4v) is 4.34. The second kappa shape index (κ2) is 16.0. The first-order valence-corrected chi connectivity index (χ1v) is 12.7. The van der Waals surface area contributed by atoms with Gasteiger partial charge in [0.2, 0.25) is 0 Å². The maximum atomic E-state index is 13.2. The summed E-state index contributed by atoms with van der Waals surface area (Å²) < 4.78 is 30.3. The van der Waals surface area contributed by atoms with Crippen LogP contribution >= 0.6 is 7.82 Å². The number of benzene rings is 1. The molecule has 0 spiro atoms. The van der Waals surface area contributed by atoms with Gasteiger partial charge in [-0.2, -0.15) is 0 Å². The van der Waals surface area contributed by atoms with Crippen molar-refractivity contribution in [3.8, 4) is 5.75 Å². The minimum absolute atomic E-state index is 0.384. The Balaban J connectivity index is 2.49. The van der Waals surface area contributed by atoms with E-state index in [9.17, 15) is 4.57 Å². The highest BCUT2D eigenvalue weighted by Gasteiger charge is 2.29. The molecular formula is C23H41O4P. The van der Waals surface area contributed by atoms with Gasteiger partial charge in [0.05, 0.1) is 13.2 Å². The molecule has 0 radical (unpaired) electrons. The molecule has 0 N–H and O–H groups in total. The van der Waals surface area contributed by atoms with Crippen LogP contribution in [-0.4, -0.2) is 13.2 Å². The van der Waals surface area contributed by atoms with E-state index in [2.05, 4.69) is 20.8 Å². The summed E-state index contributed by atoms with van der Waals surface area (Å²) in [5.74, 6) is 0.904. The highest BCUT2D eigenvalue weighted by atomic mass is 31.2. The Hall–Kier alpha value is -0.830. The molecule has 0 aliphatic carbocycles. The third-order valence-electron chi connectivity index (χ3n) is 4.97. The fourth-order valence-electron chi connectivity index (χ4n) is 3.03. The largest absolute Gasteiger partial charge is 0.530 e. The first-order chi connectivity index (χ1) is 13.6. The molecule has 0 amide bonds. The minimum atomic E-state index is -3.61. The van der Waals surface area contributed by atoms with Gasteiger partial charge in [-0.3, -0.25) is 9.05 Å². The molecule has 1 aromatic rings. The second-order valence-corrected chi connectivity index (χ2v) is 9.11. The predicted molar refractivity (Wildman–Crippen MR) is 118 cm³/mol. The van der Waals surface area contributed by atoms with Gasteiger partial charge in [0.15, 0.2) is 0 Å². The SMILES string of the molecule is CCCCCCCCCOP(=O)(OCC(CC)CCCC)Oc1ccccc1. The Bertz CT molecular complexity index is 521. The summed E-state index contributed by atoms with van der Waals surface area (Å²) in [6.45, 7) is 7.37. The van der Waals surface area contributed by atoms with Gasteiger partial charge in [0, 0.05) is 0 Å². The van der Waals surface area contributed by atoms with Crippen LogP contribution in [0.3, 0.4) is 0 Å². The van der Waals surface area contributed by atoms with Gasteiger partial charge >= 0.3 is 7.82 Å². The monoisotopic (exact) mass is 412 g/mol. The number of rotatable bonds is 18. The van der Waals surface area contributed by atoms with Crippen molar-refractivity contribution in [2.24, 2.45) is 5.92 Å². The zero-order chi connectivity index (χ0) is 20.5. The van der Waals surface area contributed by atoms with Gasteiger partial charge in [-0.05, 0) is 30.9 Å². The number of unbranched alkanes of at least 4 members (excludes halogenated alkanes) is 7. The van der Waals surface area contributed by atoms with E-state index >= 15 is 0 Å². The fraction of sp³-hybridized carbons (Fsp3) is 0.739. The number of phosphoric acid groups is 1. The van der Waals surface area contributed by atoms with Crippen LogP contribution in [0, 0.1) is 5.92 Å². The maximum Gasteiger partial charge on any atom is 0.530 e. The summed E-state index contributed by atoms with van der Waals surface area (Å²) in [5, 5.41) is 0. The molecule has 0 aliphatic heterocycles. The Morgan fingerprint density at radius 2 is 1.46 bits per heavy atom. The van der Waals surface area contributed by atoms with E-state index in [-0.39, 0.29) is 0 Å². The lowest BCUT2D eigenvalue weighted by atomic mass is 10.0. The third kappa shape index (κ3) is 11.9. The van der Waals surface area contributed by atoms with Crippen LogP contribution in [0.15, 0.2) is 30.3 Å². The number of hydrogen-bond donors (Lipinski definition) is 0. The summed E-state index contributed by atoms with van der Waals surface area (Å²) in [6, 6.07) is 9.16. The van der Waals surface area contributed by atoms with Crippen molar-refractivity contribution in [3.63, 3.8) is 0 Å². The molecule has 1 aromatic carbocycles. The van der Waals surface area contributed by atoms with Crippen LogP contribution in [0.4, 0.5) is 0 Å². The Labute approximate surface area is 173 Å². The van der Waals surface area contributed by atoms with E-state index < -0.39 is 7.82 Å². The Morgan fingerprint density at radius 3 is 2.11 bits per heavy atom. The van der Waals surface area contributed by atoms with Crippen molar-refractivity contribution < 1.29 is 18.1 Å².